The zero-order chi connectivity index (χ0) is 20.8. The summed E-state index contributed by atoms with van der Waals surface area (Å²) >= 11 is 0. The molecule has 2 aliphatic rings. The third kappa shape index (κ3) is 3.18. The molecule has 2 aliphatic heterocycles. The van der Waals surface area contributed by atoms with Crippen molar-refractivity contribution < 1.29 is 4.79 Å². The minimum absolute atomic E-state index is 0.227. The van der Waals surface area contributed by atoms with Gasteiger partial charge in [0.25, 0.3) is 0 Å². The third-order valence-corrected chi connectivity index (χ3v) is 5.16. The summed E-state index contributed by atoms with van der Waals surface area (Å²) in [5.41, 5.74) is 6.89. The number of H-pyrrole nitrogens is 3. The summed E-state index contributed by atoms with van der Waals surface area (Å²) in [6.07, 6.45) is 10.9. The highest BCUT2D eigenvalue weighted by Crippen LogP contribution is 2.22. The van der Waals surface area contributed by atoms with Crippen molar-refractivity contribution in [2.24, 2.45) is 0 Å². The number of carbonyl (C=O) groups is 1. The summed E-state index contributed by atoms with van der Waals surface area (Å²) in [4.78, 5) is 36.3. The van der Waals surface area contributed by atoms with Crippen molar-refractivity contribution in [2.45, 2.75) is 0 Å². The van der Waals surface area contributed by atoms with E-state index in [2.05, 4.69) is 24.9 Å². The number of ketones is 1. The number of aromatic amines is 3. The largest absolute Gasteiger partial charge is 0.355 e. The van der Waals surface area contributed by atoms with Crippen LogP contribution in [0.15, 0.2) is 54.9 Å². The van der Waals surface area contributed by atoms with Gasteiger partial charge in [-0.05, 0) is 66.8 Å². The number of hydrogen-bond donors (Lipinski definition) is 3. The monoisotopic (exact) mass is 404 g/mol. The lowest BCUT2D eigenvalue weighted by atomic mass is 10.1. The Morgan fingerprint density at radius 2 is 1.39 bits per heavy atom. The summed E-state index contributed by atoms with van der Waals surface area (Å²) < 4.78 is 0. The van der Waals surface area contributed by atoms with Crippen LogP contribution in [0, 0.1) is 0 Å². The van der Waals surface area contributed by atoms with E-state index in [1.54, 1.807) is 12.4 Å². The SMILES string of the molecule is O=C(c1ncc[nH]1)c1c2nc(cc3ccc(cc4nc(cc5ccc1[nH]5)C=C4)[nH]3)C=C2. The topological polar surface area (TPSA) is 103 Å². The maximum atomic E-state index is 13.3. The van der Waals surface area contributed by atoms with Crippen LogP contribution in [0.1, 0.15) is 39.0 Å². The van der Waals surface area contributed by atoms with E-state index >= 15 is 0 Å². The Hall–Kier alpha value is -4.52. The summed E-state index contributed by atoms with van der Waals surface area (Å²) in [5.74, 6) is 0.0413. The number of carbonyl (C=O) groups excluding carboxylic acids is 1. The molecular weight excluding hydrogens is 388 g/mol. The van der Waals surface area contributed by atoms with E-state index < -0.39 is 0 Å². The normalized spacial score (nSPS) is 12.4. The summed E-state index contributed by atoms with van der Waals surface area (Å²) in [6, 6.07) is 13.7. The second-order valence-electron chi connectivity index (χ2n) is 7.32. The molecule has 0 amide bonds. The highest BCUT2D eigenvalue weighted by molar-refractivity contribution is 6.13. The minimum Gasteiger partial charge on any atom is -0.355 e. The molecule has 3 N–H and O–H groups in total. The Kier molecular flexibility index (Phi) is 3.79. The highest BCUT2D eigenvalue weighted by Gasteiger charge is 2.19. The molecule has 6 rings (SSSR count). The number of hydrogen-bond acceptors (Lipinski definition) is 4. The van der Waals surface area contributed by atoms with Crippen LogP contribution in [0.3, 0.4) is 0 Å². The average molecular weight is 404 g/mol. The molecule has 0 saturated heterocycles. The Balaban J connectivity index is 1.70. The van der Waals surface area contributed by atoms with E-state index in [1.165, 1.54) is 0 Å². The molecule has 148 valence electrons. The molecule has 7 heteroatoms. The Morgan fingerprint density at radius 1 is 0.742 bits per heavy atom. The van der Waals surface area contributed by atoms with Crippen molar-refractivity contribution in [3.8, 4) is 0 Å². The molecule has 6 heterocycles. The van der Waals surface area contributed by atoms with Gasteiger partial charge in [0.1, 0.15) is 0 Å². The minimum atomic E-state index is -0.227. The molecule has 0 unspecified atom stereocenters. The smallest absolute Gasteiger partial charge is 0.232 e. The van der Waals surface area contributed by atoms with Crippen LogP contribution in [-0.4, -0.2) is 35.7 Å². The van der Waals surface area contributed by atoms with Crippen LogP contribution in [-0.2, 0) is 0 Å². The molecule has 0 spiro atoms. The first kappa shape index (κ1) is 17.3. The van der Waals surface area contributed by atoms with E-state index in [-0.39, 0.29) is 11.6 Å². The summed E-state index contributed by atoms with van der Waals surface area (Å²) in [7, 11) is 0. The van der Waals surface area contributed by atoms with E-state index in [0.29, 0.717) is 16.8 Å². The fourth-order valence-electron chi connectivity index (χ4n) is 3.76. The number of imidazole rings is 1. The first-order chi connectivity index (χ1) is 15.2. The lowest BCUT2D eigenvalue weighted by molar-refractivity contribution is 0.103. The molecule has 8 bridgehead atoms. The van der Waals surface area contributed by atoms with Gasteiger partial charge in [0, 0.05) is 28.9 Å². The molecule has 0 radical (unpaired) electrons. The molecule has 4 aromatic rings. The van der Waals surface area contributed by atoms with Crippen molar-refractivity contribution in [3.05, 3.63) is 89.0 Å². The Bertz CT molecular complexity index is 1550. The summed E-state index contributed by atoms with van der Waals surface area (Å²) in [6.45, 7) is 0. The highest BCUT2D eigenvalue weighted by atomic mass is 16.1. The van der Waals surface area contributed by atoms with Gasteiger partial charge in [0.05, 0.1) is 33.9 Å². The van der Waals surface area contributed by atoms with Crippen LogP contribution in [0.2, 0.25) is 0 Å². The van der Waals surface area contributed by atoms with Gasteiger partial charge in [0.15, 0.2) is 5.82 Å². The zero-order valence-corrected chi connectivity index (χ0v) is 16.3. The third-order valence-electron chi connectivity index (χ3n) is 5.16. The number of aromatic nitrogens is 6. The molecule has 0 saturated carbocycles. The molecule has 0 aromatic carbocycles. The number of fused-ring (bicyclic) bond motifs is 8. The second kappa shape index (κ2) is 6.77. The van der Waals surface area contributed by atoms with Gasteiger partial charge >= 0.3 is 0 Å². The predicted octanol–water partition coefficient (Wildman–Crippen LogP) is 4.61. The van der Waals surface area contributed by atoms with Crippen molar-refractivity contribution >= 4 is 52.2 Å². The van der Waals surface area contributed by atoms with E-state index in [0.717, 1.165) is 33.6 Å². The fraction of sp³-hybridized carbons (Fsp3) is 0. The lowest BCUT2D eigenvalue weighted by Crippen LogP contribution is -2.06. The van der Waals surface area contributed by atoms with E-state index in [1.807, 2.05) is 66.8 Å². The van der Waals surface area contributed by atoms with Gasteiger partial charge in [-0.1, -0.05) is 0 Å². The van der Waals surface area contributed by atoms with Gasteiger partial charge < -0.3 is 15.0 Å². The van der Waals surface area contributed by atoms with Crippen molar-refractivity contribution in [3.63, 3.8) is 0 Å². The predicted molar refractivity (Wildman–Crippen MR) is 121 cm³/mol. The maximum Gasteiger partial charge on any atom is 0.232 e. The first-order valence-electron chi connectivity index (χ1n) is 9.83. The second-order valence-corrected chi connectivity index (χ2v) is 7.32. The van der Waals surface area contributed by atoms with Crippen molar-refractivity contribution in [1.29, 1.82) is 0 Å². The standard InChI is InChI=1S/C24H16N6O/c31-23(24-25-9-10-26-24)22-20-7-5-18(29-20)12-16-3-1-14(27-16)11-15-2-4-17(28-15)13-19-6-8-21(22)30-19/h1-13,27,30H,(H,25,26). The first-order valence-corrected chi connectivity index (χ1v) is 9.83. The molecule has 7 nitrogen and oxygen atoms in total. The number of rotatable bonds is 2. The molecule has 0 aliphatic carbocycles. The van der Waals surface area contributed by atoms with Crippen molar-refractivity contribution in [2.75, 3.05) is 0 Å². The van der Waals surface area contributed by atoms with E-state index in [4.69, 9.17) is 4.98 Å². The molecule has 31 heavy (non-hydrogen) atoms. The Labute approximate surface area is 176 Å². The van der Waals surface area contributed by atoms with Crippen LogP contribution >= 0.6 is 0 Å². The molecule has 4 aromatic heterocycles. The average Bonchev–Trinajstić information content (AvgIpc) is 3.55. The quantitative estimate of drug-likeness (QED) is 0.367. The summed E-state index contributed by atoms with van der Waals surface area (Å²) in [5, 5.41) is 0. The molecule has 0 fully saturated rings. The van der Waals surface area contributed by atoms with Crippen LogP contribution in [0.25, 0.3) is 46.4 Å². The maximum absolute atomic E-state index is 13.3. The van der Waals surface area contributed by atoms with E-state index in [9.17, 15) is 4.79 Å². The van der Waals surface area contributed by atoms with Crippen LogP contribution in [0.4, 0.5) is 0 Å². The zero-order valence-electron chi connectivity index (χ0n) is 16.3. The molecule has 0 atom stereocenters. The van der Waals surface area contributed by atoms with Gasteiger partial charge in [-0.25, -0.2) is 15.0 Å². The lowest BCUT2D eigenvalue weighted by Gasteiger charge is -2.00. The van der Waals surface area contributed by atoms with Crippen molar-refractivity contribution in [1.82, 2.24) is 29.9 Å². The number of nitrogens with one attached hydrogen (secondary N) is 3. The fourth-order valence-corrected chi connectivity index (χ4v) is 3.76. The number of nitrogens with zero attached hydrogens (tertiary/aromatic N) is 3. The van der Waals surface area contributed by atoms with Gasteiger partial charge in [-0.3, -0.25) is 4.79 Å². The molecular formula is C24H16N6O. The van der Waals surface area contributed by atoms with Gasteiger partial charge in [0.2, 0.25) is 5.78 Å². The van der Waals surface area contributed by atoms with Gasteiger partial charge in [-0.15, -0.1) is 0 Å². The van der Waals surface area contributed by atoms with Crippen LogP contribution in [0.5, 0.6) is 0 Å². The Morgan fingerprint density at radius 3 is 2.10 bits per heavy atom. The van der Waals surface area contributed by atoms with Gasteiger partial charge in [-0.2, -0.15) is 0 Å². The van der Waals surface area contributed by atoms with Crippen LogP contribution < -0.4 is 0 Å².